The van der Waals surface area contributed by atoms with E-state index in [4.69, 9.17) is 16.7 Å². The first kappa shape index (κ1) is 22.3. The number of nitrogens with one attached hydrogen (secondary N) is 1. The third-order valence-electron chi connectivity index (χ3n) is 4.24. The number of allylic oxidation sites excluding steroid dienone is 3. The summed E-state index contributed by atoms with van der Waals surface area (Å²) in [6.45, 7) is 12.3. The number of halogens is 1. The number of carbonyl (C=O) groups excluding carboxylic acids is 1. The molecule has 2 N–H and O–H groups in total. The molecule has 26 heavy (non-hydrogen) atoms. The van der Waals surface area contributed by atoms with E-state index in [9.17, 15) is 4.79 Å². The lowest BCUT2D eigenvalue weighted by Crippen LogP contribution is -2.25. The predicted molar refractivity (Wildman–Crippen MR) is 113 cm³/mol. The molecular weight excluding hydrogens is 346 g/mol. The fourth-order valence-corrected chi connectivity index (χ4v) is 3.18. The number of carbonyl (C=O) groups is 1. The van der Waals surface area contributed by atoms with Gasteiger partial charge in [0.25, 0.3) is 0 Å². The van der Waals surface area contributed by atoms with E-state index in [2.05, 4.69) is 33.0 Å². The Balaban J connectivity index is 3.08. The molecule has 0 aliphatic rings. The molecule has 0 radical (unpaired) electrons. The van der Waals surface area contributed by atoms with Crippen molar-refractivity contribution in [2.24, 2.45) is 5.41 Å². The van der Waals surface area contributed by atoms with Gasteiger partial charge in [0.2, 0.25) is 5.78 Å². The SMILES string of the molecule is CCCC(CC(C)(C)C)Nc1cccc(/C(C)=C(\Cl)C(=O)/C(C)=C/O)c1. The molecule has 1 rings (SSSR count). The summed E-state index contributed by atoms with van der Waals surface area (Å²) in [5, 5.41) is 12.8. The van der Waals surface area contributed by atoms with Crippen molar-refractivity contribution in [2.75, 3.05) is 5.32 Å². The van der Waals surface area contributed by atoms with Crippen LogP contribution in [0.2, 0.25) is 0 Å². The van der Waals surface area contributed by atoms with Gasteiger partial charge in [-0.15, -0.1) is 0 Å². The number of anilines is 1. The summed E-state index contributed by atoms with van der Waals surface area (Å²) in [4.78, 5) is 12.2. The minimum Gasteiger partial charge on any atom is -0.515 e. The first-order chi connectivity index (χ1) is 12.1. The predicted octanol–water partition coefficient (Wildman–Crippen LogP) is 6.70. The Kier molecular flexibility index (Phi) is 8.42. The van der Waals surface area contributed by atoms with Crippen LogP contribution in [0.15, 0.2) is 41.1 Å². The molecule has 3 nitrogen and oxygen atoms in total. The molecule has 0 aromatic heterocycles. The maximum atomic E-state index is 12.2. The highest BCUT2D eigenvalue weighted by atomic mass is 35.5. The molecule has 0 fully saturated rings. The second kappa shape index (κ2) is 9.82. The van der Waals surface area contributed by atoms with Crippen molar-refractivity contribution in [1.29, 1.82) is 0 Å². The molecule has 0 saturated heterocycles. The van der Waals surface area contributed by atoms with Gasteiger partial charge in [0.05, 0.1) is 11.3 Å². The van der Waals surface area contributed by atoms with Crippen LogP contribution in [0.5, 0.6) is 0 Å². The molecule has 0 heterocycles. The Hall–Kier alpha value is -1.74. The second-order valence-electron chi connectivity index (χ2n) is 8.06. The van der Waals surface area contributed by atoms with Crippen LogP contribution < -0.4 is 5.32 Å². The number of hydrogen-bond acceptors (Lipinski definition) is 3. The van der Waals surface area contributed by atoms with E-state index in [0.717, 1.165) is 36.8 Å². The zero-order valence-corrected chi connectivity index (χ0v) is 17.6. The quantitative estimate of drug-likeness (QED) is 0.391. The van der Waals surface area contributed by atoms with Crippen molar-refractivity contribution in [3.8, 4) is 0 Å². The van der Waals surface area contributed by atoms with E-state index in [-0.39, 0.29) is 21.8 Å². The van der Waals surface area contributed by atoms with Crippen LogP contribution in [0.25, 0.3) is 5.57 Å². The van der Waals surface area contributed by atoms with Gasteiger partial charge >= 0.3 is 0 Å². The topological polar surface area (TPSA) is 49.3 Å². The van der Waals surface area contributed by atoms with Crippen LogP contribution in [-0.2, 0) is 4.79 Å². The molecule has 0 aliphatic heterocycles. The van der Waals surface area contributed by atoms with Crippen LogP contribution in [-0.4, -0.2) is 16.9 Å². The normalized spacial score (nSPS) is 14.7. The number of aliphatic hydroxyl groups excluding tert-OH is 1. The number of hydrogen-bond donors (Lipinski definition) is 2. The highest BCUT2D eigenvalue weighted by molar-refractivity contribution is 6.47. The zero-order valence-electron chi connectivity index (χ0n) is 16.8. The largest absolute Gasteiger partial charge is 0.515 e. The minimum absolute atomic E-state index is 0.129. The van der Waals surface area contributed by atoms with Gasteiger partial charge in [-0.2, -0.15) is 0 Å². The number of aliphatic hydroxyl groups is 1. The van der Waals surface area contributed by atoms with Crippen LogP contribution in [0.1, 0.15) is 66.4 Å². The van der Waals surface area contributed by atoms with Crippen molar-refractivity contribution >= 4 is 28.6 Å². The molecule has 4 heteroatoms. The maximum absolute atomic E-state index is 12.2. The average molecular weight is 378 g/mol. The number of ketones is 1. The average Bonchev–Trinajstić information content (AvgIpc) is 2.58. The Morgan fingerprint density at radius 1 is 1.31 bits per heavy atom. The minimum atomic E-state index is -0.360. The summed E-state index contributed by atoms with van der Waals surface area (Å²) < 4.78 is 0. The summed E-state index contributed by atoms with van der Waals surface area (Å²) >= 11 is 6.24. The van der Waals surface area contributed by atoms with E-state index in [1.807, 2.05) is 31.2 Å². The van der Waals surface area contributed by atoms with E-state index in [1.54, 1.807) is 0 Å². The van der Waals surface area contributed by atoms with E-state index < -0.39 is 0 Å². The fourth-order valence-electron chi connectivity index (χ4n) is 2.92. The lowest BCUT2D eigenvalue weighted by molar-refractivity contribution is -0.111. The molecule has 0 amide bonds. The van der Waals surface area contributed by atoms with Crippen molar-refractivity contribution < 1.29 is 9.90 Å². The number of benzene rings is 1. The van der Waals surface area contributed by atoms with E-state index >= 15 is 0 Å². The lowest BCUT2D eigenvalue weighted by atomic mass is 9.86. The van der Waals surface area contributed by atoms with Gasteiger partial charge < -0.3 is 10.4 Å². The van der Waals surface area contributed by atoms with Crippen LogP contribution in [0.4, 0.5) is 5.69 Å². The van der Waals surface area contributed by atoms with Gasteiger partial charge in [-0.3, -0.25) is 4.79 Å². The zero-order chi connectivity index (χ0) is 19.9. The third-order valence-corrected chi connectivity index (χ3v) is 4.70. The van der Waals surface area contributed by atoms with Crippen LogP contribution in [0.3, 0.4) is 0 Å². The second-order valence-corrected chi connectivity index (χ2v) is 8.43. The van der Waals surface area contributed by atoms with Crippen molar-refractivity contribution in [2.45, 2.75) is 66.8 Å². The molecule has 0 bridgehead atoms. The summed E-state index contributed by atoms with van der Waals surface area (Å²) in [7, 11) is 0. The highest BCUT2D eigenvalue weighted by Gasteiger charge is 2.19. The van der Waals surface area contributed by atoms with Gasteiger partial charge in [0.1, 0.15) is 0 Å². The maximum Gasteiger partial charge on any atom is 0.203 e. The molecular formula is C22H32ClNO2. The van der Waals surface area contributed by atoms with Gasteiger partial charge in [-0.1, -0.05) is 57.8 Å². The smallest absolute Gasteiger partial charge is 0.203 e. The summed E-state index contributed by atoms with van der Waals surface area (Å²) in [6, 6.07) is 8.36. The van der Waals surface area contributed by atoms with E-state index in [0.29, 0.717) is 11.6 Å². The Labute approximate surface area is 163 Å². The Morgan fingerprint density at radius 3 is 2.50 bits per heavy atom. The van der Waals surface area contributed by atoms with E-state index in [1.165, 1.54) is 6.92 Å². The lowest BCUT2D eigenvalue weighted by Gasteiger charge is -2.27. The summed E-state index contributed by atoms with van der Waals surface area (Å²) in [5.74, 6) is -0.360. The molecule has 1 aromatic carbocycles. The third kappa shape index (κ3) is 6.87. The van der Waals surface area contributed by atoms with Crippen molar-refractivity contribution in [3.63, 3.8) is 0 Å². The van der Waals surface area contributed by atoms with Gasteiger partial charge in [-0.25, -0.2) is 0 Å². The first-order valence-electron chi connectivity index (χ1n) is 9.18. The Morgan fingerprint density at radius 2 is 1.96 bits per heavy atom. The monoisotopic (exact) mass is 377 g/mol. The summed E-state index contributed by atoms with van der Waals surface area (Å²) in [6.07, 6.45) is 4.10. The molecule has 0 aliphatic carbocycles. The molecule has 144 valence electrons. The Bertz CT molecular complexity index is 684. The molecule has 0 saturated carbocycles. The highest BCUT2D eigenvalue weighted by Crippen LogP contribution is 2.28. The molecule has 0 spiro atoms. The molecule has 1 aromatic rings. The summed E-state index contributed by atoms with van der Waals surface area (Å²) in [5.41, 5.74) is 3.09. The number of Topliss-reactive ketones (excluding diaryl/α,β-unsaturated/α-hetero) is 1. The molecule has 1 unspecified atom stereocenters. The van der Waals surface area contributed by atoms with Gasteiger partial charge in [-0.05, 0) is 55.4 Å². The van der Waals surface area contributed by atoms with Crippen molar-refractivity contribution in [3.05, 3.63) is 46.7 Å². The van der Waals surface area contributed by atoms with Gasteiger partial charge in [0.15, 0.2) is 0 Å². The standard InChI is InChI=1S/C22H32ClNO2/c1-7-9-19(13-22(4,5)6)24-18-11-8-10-17(12-18)16(3)20(23)21(26)15(2)14-25/h8,10-12,14,19,24-25H,7,9,13H2,1-6H3/b15-14+,20-16-. The first-order valence-corrected chi connectivity index (χ1v) is 9.56. The van der Waals surface area contributed by atoms with Gasteiger partial charge in [0, 0.05) is 17.3 Å². The van der Waals surface area contributed by atoms with Crippen molar-refractivity contribution in [1.82, 2.24) is 0 Å². The number of rotatable bonds is 8. The van der Waals surface area contributed by atoms with Crippen LogP contribution in [0, 0.1) is 5.41 Å². The fraction of sp³-hybridized carbons (Fsp3) is 0.500. The molecule has 1 atom stereocenters. The van der Waals surface area contributed by atoms with Crippen LogP contribution >= 0.6 is 11.6 Å².